The number of sulfonamides is 1. The van der Waals surface area contributed by atoms with E-state index in [-0.39, 0.29) is 29.9 Å². The summed E-state index contributed by atoms with van der Waals surface area (Å²) in [5.41, 5.74) is 2.63. The summed E-state index contributed by atoms with van der Waals surface area (Å²) < 4.78 is 37.4. The molecular weight excluding hydrogens is 560 g/mol. The first-order valence-corrected chi connectivity index (χ1v) is 16.8. The quantitative estimate of drug-likeness (QED) is 0.169. The van der Waals surface area contributed by atoms with Crippen LogP contribution >= 0.6 is 0 Å². The molecule has 2 aromatic carbocycles. The highest BCUT2D eigenvalue weighted by atomic mass is 32.2. The minimum absolute atomic E-state index is 0.0773. The fourth-order valence-corrected chi connectivity index (χ4v) is 7.55. The van der Waals surface area contributed by atoms with Gasteiger partial charge in [-0.25, -0.2) is 8.42 Å². The number of hydrogen-bond donors (Lipinski definition) is 0. The lowest BCUT2D eigenvalue weighted by molar-refractivity contribution is -0.135. The van der Waals surface area contributed by atoms with Crippen molar-refractivity contribution in [1.29, 1.82) is 0 Å². The molecule has 1 aliphatic rings. The largest absolute Gasteiger partial charge is 0.382 e. The zero-order chi connectivity index (χ0) is 30.1. The minimum Gasteiger partial charge on any atom is -0.382 e. The molecule has 228 valence electrons. The molecule has 0 unspecified atom stereocenters. The van der Waals surface area contributed by atoms with E-state index in [4.69, 9.17) is 4.74 Å². The van der Waals surface area contributed by atoms with Gasteiger partial charge in [-0.2, -0.15) is 4.31 Å². The number of benzene rings is 2. The van der Waals surface area contributed by atoms with Gasteiger partial charge < -0.3 is 14.2 Å². The monoisotopic (exact) mass is 602 g/mol. The van der Waals surface area contributed by atoms with Crippen LogP contribution in [0.25, 0.3) is 10.9 Å². The molecule has 2 aromatic heterocycles. The van der Waals surface area contributed by atoms with Crippen molar-refractivity contribution in [3.05, 3.63) is 96.4 Å². The van der Waals surface area contributed by atoms with Crippen molar-refractivity contribution < 1.29 is 17.9 Å². The van der Waals surface area contributed by atoms with Gasteiger partial charge in [0.05, 0.1) is 18.6 Å². The summed E-state index contributed by atoms with van der Waals surface area (Å²) in [6.07, 6.45) is 9.28. The number of rotatable bonds is 14. The molecule has 0 bridgehead atoms. The number of hydrogen-bond acceptors (Lipinski definition) is 5. The van der Waals surface area contributed by atoms with Crippen LogP contribution in [0.4, 0.5) is 0 Å². The molecule has 0 spiro atoms. The summed E-state index contributed by atoms with van der Waals surface area (Å²) in [5, 5.41) is 0.743. The lowest BCUT2D eigenvalue weighted by Gasteiger charge is -2.36. The number of amides is 1. The average molecular weight is 603 g/mol. The Labute approximate surface area is 255 Å². The van der Waals surface area contributed by atoms with Crippen molar-refractivity contribution in [1.82, 2.24) is 18.8 Å². The lowest BCUT2D eigenvalue weighted by atomic mass is 9.94. The zero-order valence-electron chi connectivity index (χ0n) is 25.0. The highest BCUT2D eigenvalue weighted by Crippen LogP contribution is 2.27. The molecule has 1 fully saturated rings. The molecule has 0 aliphatic heterocycles. The summed E-state index contributed by atoms with van der Waals surface area (Å²) in [4.78, 5) is 20.7. The van der Waals surface area contributed by atoms with Crippen LogP contribution in [0.2, 0.25) is 0 Å². The second-order valence-electron chi connectivity index (χ2n) is 11.1. The molecule has 8 nitrogen and oxygen atoms in total. The maximum Gasteiger partial charge on any atom is 0.245 e. The molecule has 1 saturated carbocycles. The van der Waals surface area contributed by atoms with Crippen LogP contribution in [-0.2, 0) is 32.6 Å². The van der Waals surface area contributed by atoms with Gasteiger partial charge in [-0.1, -0.05) is 67.8 Å². The summed E-state index contributed by atoms with van der Waals surface area (Å²) in [5.74, 6) is -0.174. The van der Waals surface area contributed by atoms with Crippen molar-refractivity contribution in [2.24, 2.45) is 0 Å². The second kappa shape index (κ2) is 14.8. The van der Waals surface area contributed by atoms with Gasteiger partial charge in [0, 0.05) is 55.8 Å². The Morgan fingerprint density at radius 2 is 1.77 bits per heavy atom. The molecule has 1 aliphatic carbocycles. The van der Waals surface area contributed by atoms with Gasteiger partial charge in [-0.3, -0.25) is 9.78 Å². The maximum absolute atomic E-state index is 14.2. The van der Waals surface area contributed by atoms with Crippen LogP contribution in [0, 0.1) is 0 Å². The number of carbonyl (C=O) groups is 1. The van der Waals surface area contributed by atoms with Crippen molar-refractivity contribution in [3.63, 3.8) is 0 Å². The van der Waals surface area contributed by atoms with Gasteiger partial charge >= 0.3 is 0 Å². The third-order valence-corrected chi connectivity index (χ3v) is 10.1. The van der Waals surface area contributed by atoms with Gasteiger partial charge in [-0.05, 0) is 56.0 Å². The van der Waals surface area contributed by atoms with Crippen LogP contribution < -0.4 is 0 Å². The number of pyridine rings is 1. The van der Waals surface area contributed by atoms with Crippen LogP contribution in [0.5, 0.6) is 0 Å². The predicted octanol–water partition coefficient (Wildman–Crippen LogP) is 5.86. The van der Waals surface area contributed by atoms with Gasteiger partial charge in [-0.15, -0.1) is 0 Å². The van der Waals surface area contributed by atoms with E-state index in [1.54, 1.807) is 24.4 Å². The Hall–Kier alpha value is -3.53. The summed E-state index contributed by atoms with van der Waals surface area (Å²) in [6, 6.07) is 23.2. The van der Waals surface area contributed by atoms with Crippen LogP contribution in [0.3, 0.4) is 0 Å². The molecular formula is C34H42N4O4S. The first kappa shape index (κ1) is 30.9. The van der Waals surface area contributed by atoms with Gasteiger partial charge in [0.15, 0.2) is 0 Å². The third-order valence-electron chi connectivity index (χ3n) is 8.21. The van der Waals surface area contributed by atoms with E-state index in [0.717, 1.165) is 43.2 Å². The molecule has 0 atom stereocenters. The van der Waals surface area contributed by atoms with Crippen LogP contribution in [-0.4, -0.2) is 65.4 Å². The summed E-state index contributed by atoms with van der Waals surface area (Å²) >= 11 is 0. The van der Waals surface area contributed by atoms with E-state index >= 15 is 0 Å². The predicted molar refractivity (Wildman–Crippen MR) is 169 cm³/mol. The van der Waals surface area contributed by atoms with E-state index in [2.05, 4.69) is 27.8 Å². The Kier molecular flexibility index (Phi) is 10.6. The standard InChI is InChI=1S/C34H42N4O4S/c1-2-42-24-12-23-37(43(40,41)32-20-9-15-29-16-10-21-35-34(29)32)27-33(39)38(30-17-7-4-8-18-30)26-31-19-11-22-36(31)25-28-13-5-3-6-14-28/h3,5-6,9-11,13-16,19-22,30H,2,4,7-8,12,17-18,23-27H2,1H3. The number of nitrogens with zero attached hydrogens (tertiary/aromatic N) is 4. The SMILES string of the molecule is CCOCCCN(CC(=O)N(Cc1cccn1Cc1ccccc1)C1CCCCC1)S(=O)(=O)c1cccc2cccnc12. The fourth-order valence-electron chi connectivity index (χ4n) is 5.95. The van der Waals surface area contributed by atoms with Crippen molar-refractivity contribution in [3.8, 4) is 0 Å². The highest BCUT2D eigenvalue weighted by molar-refractivity contribution is 7.89. The molecule has 0 saturated heterocycles. The fraction of sp³-hybridized carbons (Fsp3) is 0.412. The summed E-state index contributed by atoms with van der Waals surface area (Å²) in [6.45, 7) is 3.98. The maximum atomic E-state index is 14.2. The van der Waals surface area contributed by atoms with Gasteiger partial charge in [0.1, 0.15) is 4.90 Å². The molecule has 5 rings (SSSR count). The van der Waals surface area contributed by atoms with E-state index in [9.17, 15) is 13.2 Å². The topological polar surface area (TPSA) is 84.7 Å². The molecule has 1 amide bonds. The van der Waals surface area contributed by atoms with Crippen LogP contribution in [0.1, 0.15) is 56.7 Å². The smallest absolute Gasteiger partial charge is 0.245 e. The van der Waals surface area contributed by atoms with E-state index < -0.39 is 10.0 Å². The lowest BCUT2D eigenvalue weighted by Crippen LogP contribution is -2.47. The second-order valence-corrected chi connectivity index (χ2v) is 13.1. The van der Waals surface area contributed by atoms with Crippen LogP contribution in [0.15, 0.2) is 90.1 Å². The Morgan fingerprint density at radius 3 is 2.56 bits per heavy atom. The number of fused-ring (bicyclic) bond motifs is 1. The Balaban J connectivity index is 1.43. The zero-order valence-corrected chi connectivity index (χ0v) is 25.8. The Bertz CT molecular complexity index is 1580. The first-order chi connectivity index (χ1) is 21.0. The molecule has 0 N–H and O–H groups in total. The van der Waals surface area contributed by atoms with E-state index in [0.29, 0.717) is 38.2 Å². The molecule has 0 radical (unpaired) electrons. The van der Waals surface area contributed by atoms with E-state index in [1.165, 1.54) is 9.87 Å². The van der Waals surface area contributed by atoms with Crippen molar-refractivity contribution >= 4 is 26.8 Å². The molecule has 4 aromatic rings. The number of ether oxygens (including phenoxy) is 1. The number of carbonyl (C=O) groups excluding carboxylic acids is 1. The Morgan fingerprint density at radius 1 is 0.977 bits per heavy atom. The first-order valence-electron chi connectivity index (χ1n) is 15.4. The van der Waals surface area contributed by atoms with Crippen molar-refractivity contribution in [2.75, 3.05) is 26.3 Å². The van der Waals surface area contributed by atoms with Crippen molar-refractivity contribution in [2.45, 2.75) is 69.5 Å². The number of para-hydroxylation sites is 1. The molecule has 9 heteroatoms. The summed E-state index contributed by atoms with van der Waals surface area (Å²) in [7, 11) is -4.02. The molecule has 43 heavy (non-hydrogen) atoms. The molecule has 2 heterocycles. The van der Waals surface area contributed by atoms with E-state index in [1.807, 2.05) is 54.4 Å². The van der Waals surface area contributed by atoms with Gasteiger partial charge in [0.25, 0.3) is 0 Å². The van der Waals surface area contributed by atoms with Gasteiger partial charge in [0.2, 0.25) is 15.9 Å². The highest BCUT2D eigenvalue weighted by Gasteiger charge is 2.33. The minimum atomic E-state index is -4.02. The third kappa shape index (κ3) is 7.71. The number of aromatic nitrogens is 2. The normalized spacial score (nSPS) is 14.4. The average Bonchev–Trinajstić information content (AvgIpc) is 3.48.